The number of fused-ring (bicyclic) bond motifs is 1. The van der Waals surface area contributed by atoms with Crippen LogP contribution in [0.5, 0.6) is 0 Å². The molecule has 154 valence electrons. The number of anilines is 2. The molecule has 0 bridgehead atoms. The van der Waals surface area contributed by atoms with E-state index < -0.39 is 5.97 Å². The molecule has 7 heteroatoms. The molecule has 0 spiro atoms. The van der Waals surface area contributed by atoms with Crippen molar-refractivity contribution >= 4 is 40.4 Å². The summed E-state index contributed by atoms with van der Waals surface area (Å²) in [6.07, 6.45) is 3.56. The van der Waals surface area contributed by atoms with Crippen LogP contribution < -0.4 is 10.7 Å². The first-order valence-electron chi connectivity index (χ1n) is 9.65. The summed E-state index contributed by atoms with van der Waals surface area (Å²) >= 11 is 0. The van der Waals surface area contributed by atoms with Crippen molar-refractivity contribution in [3.8, 4) is 0 Å². The number of carbonyl (C=O) groups is 2. The smallest absolute Gasteiger partial charge is 0.335 e. The molecule has 0 aliphatic heterocycles. The van der Waals surface area contributed by atoms with Crippen molar-refractivity contribution in [1.82, 2.24) is 4.57 Å². The molecule has 0 unspecified atom stereocenters. The summed E-state index contributed by atoms with van der Waals surface area (Å²) in [5.74, 6) is -1.09. The van der Waals surface area contributed by atoms with Crippen LogP contribution >= 0.6 is 0 Å². The molecule has 4 rings (SSSR count). The summed E-state index contributed by atoms with van der Waals surface area (Å²) in [7, 11) is 0. The normalized spacial score (nSPS) is 11.0. The Morgan fingerprint density at radius 2 is 1.61 bits per heavy atom. The predicted molar refractivity (Wildman–Crippen MR) is 122 cm³/mol. The van der Waals surface area contributed by atoms with Gasteiger partial charge < -0.3 is 15.0 Å². The Hall–Kier alpha value is -4.39. The SMILES string of the molecule is O=C(Cn1cc(/C=N/Nc2ccc(C(=O)O)cc2)c2ccccc21)Nc1ccccc1. The molecule has 7 nitrogen and oxygen atoms in total. The number of hydrogen-bond donors (Lipinski definition) is 3. The summed E-state index contributed by atoms with van der Waals surface area (Å²) in [6, 6.07) is 23.5. The van der Waals surface area contributed by atoms with E-state index in [1.54, 1.807) is 18.3 Å². The highest BCUT2D eigenvalue weighted by atomic mass is 16.4. The van der Waals surface area contributed by atoms with Crippen molar-refractivity contribution < 1.29 is 14.7 Å². The Kier molecular flexibility index (Phi) is 5.75. The van der Waals surface area contributed by atoms with Crippen molar-refractivity contribution in [2.45, 2.75) is 6.54 Å². The lowest BCUT2D eigenvalue weighted by Gasteiger charge is -2.07. The van der Waals surface area contributed by atoms with Gasteiger partial charge >= 0.3 is 5.97 Å². The average molecular weight is 412 g/mol. The number of para-hydroxylation sites is 2. The molecular formula is C24H20N4O3. The molecule has 1 aromatic heterocycles. The molecular weight excluding hydrogens is 392 g/mol. The minimum atomic E-state index is -0.973. The largest absolute Gasteiger partial charge is 0.478 e. The number of hydrazone groups is 1. The summed E-state index contributed by atoms with van der Waals surface area (Å²) < 4.78 is 1.89. The van der Waals surface area contributed by atoms with Gasteiger partial charge in [-0.25, -0.2) is 4.79 Å². The zero-order chi connectivity index (χ0) is 21.6. The molecule has 0 fully saturated rings. The van der Waals surface area contributed by atoms with Crippen molar-refractivity contribution in [3.63, 3.8) is 0 Å². The lowest BCUT2D eigenvalue weighted by atomic mass is 10.2. The van der Waals surface area contributed by atoms with Crippen LogP contribution in [-0.2, 0) is 11.3 Å². The molecule has 3 aromatic carbocycles. The van der Waals surface area contributed by atoms with E-state index in [4.69, 9.17) is 5.11 Å². The van der Waals surface area contributed by atoms with Gasteiger partial charge in [-0.2, -0.15) is 5.10 Å². The van der Waals surface area contributed by atoms with Gasteiger partial charge in [-0.1, -0.05) is 36.4 Å². The van der Waals surface area contributed by atoms with Crippen LogP contribution in [0.15, 0.2) is 90.2 Å². The number of carboxylic acids is 1. The molecule has 0 aliphatic carbocycles. The monoisotopic (exact) mass is 412 g/mol. The van der Waals surface area contributed by atoms with E-state index >= 15 is 0 Å². The van der Waals surface area contributed by atoms with Crippen LogP contribution in [-0.4, -0.2) is 27.8 Å². The molecule has 31 heavy (non-hydrogen) atoms. The van der Waals surface area contributed by atoms with E-state index in [-0.39, 0.29) is 18.0 Å². The number of nitrogens with zero attached hydrogens (tertiary/aromatic N) is 2. The van der Waals surface area contributed by atoms with Gasteiger partial charge in [-0.05, 0) is 42.5 Å². The maximum atomic E-state index is 12.5. The van der Waals surface area contributed by atoms with Crippen LogP contribution in [0.2, 0.25) is 0 Å². The first-order valence-corrected chi connectivity index (χ1v) is 9.65. The second-order valence-electron chi connectivity index (χ2n) is 6.90. The van der Waals surface area contributed by atoms with Crippen LogP contribution in [0.4, 0.5) is 11.4 Å². The molecule has 1 amide bonds. The molecule has 0 saturated carbocycles. The van der Waals surface area contributed by atoms with Gasteiger partial charge in [-0.15, -0.1) is 0 Å². The van der Waals surface area contributed by atoms with Gasteiger partial charge in [0.2, 0.25) is 5.91 Å². The third-order valence-corrected chi connectivity index (χ3v) is 4.72. The third-order valence-electron chi connectivity index (χ3n) is 4.72. The molecule has 3 N–H and O–H groups in total. The number of carboxylic acid groups (broad SMARTS) is 1. The molecule has 1 heterocycles. The maximum Gasteiger partial charge on any atom is 0.335 e. The number of aromatic carboxylic acids is 1. The molecule has 4 aromatic rings. The number of hydrogen-bond acceptors (Lipinski definition) is 4. The summed E-state index contributed by atoms with van der Waals surface area (Å²) in [4.78, 5) is 23.4. The fourth-order valence-electron chi connectivity index (χ4n) is 3.25. The highest BCUT2D eigenvalue weighted by Crippen LogP contribution is 2.20. The zero-order valence-electron chi connectivity index (χ0n) is 16.5. The summed E-state index contributed by atoms with van der Waals surface area (Å²) in [6.45, 7) is 0.174. The second kappa shape index (κ2) is 8.96. The van der Waals surface area contributed by atoms with E-state index in [2.05, 4.69) is 15.8 Å². The number of nitrogens with one attached hydrogen (secondary N) is 2. The topological polar surface area (TPSA) is 95.7 Å². The van der Waals surface area contributed by atoms with E-state index in [1.165, 1.54) is 12.1 Å². The summed E-state index contributed by atoms with van der Waals surface area (Å²) in [5.41, 5.74) is 6.32. The fourth-order valence-corrected chi connectivity index (χ4v) is 3.25. The fraction of sp³-hybridized carbons (Fsp3) is 0.0417. The van der Waals surface area contributed by atoms with Crippen LogP contribution in [0.25, 0.3) is 10.9 Å². The zero-order valence-corrected chi connectivity index (χ0v) is 16.5. The van der Waals surface area contributed by atoms with Gasteiger partial charge in [0.15, 0.2) is 0 Å². The van der Waals surface area contributed by atoms with Gasteiger partial charge in [0, 0.05) is 28.4 Å². The van der Waals surface area contributed by atoms with Crippen molar-refractivity contribution in [2.75, 3.05) is 10.7 Å². The van der Waals surface area contributed by atoms with Gasteiger partial charge in [0.25, 0.3) is 0 Å². The highest BCUT2D eigenvalue weighted by molar-refractivity contribution is 6.00. The Morgan fingerprint density at radius 3 is 2.35 bits per heavy atom. The van der Waals surface area contributed by atoms with Gasteiger partial charge in [0.05, 0.1) is 17.5 Å². The number of aromatic nitrogens is 1. The number of rotatable bonds is 7. The first kappa shape index (κ1) is 19.9. The maximum absolute atomic E-state index is 12.5. The third kappa shape index (κ3) is 4.79. The Morgan fingerprint density at radius 1 is 0.903 bits per heavy atom. The second-order valence-corrected chi connectivity index (χ2v) is 6.90. The van der Waals surface area contributed by atoms with Crippen LogP contribution in [0.1, 0.15) is 15.9 Å². The van der Waals surface area contributed by atoms with Crippen molar-refractivity contribution in [2.24, 2.45) is 5.10 Å². The number of amides is 1. The predicted octanol–water partition coefficient (Wildman–Crippen LogP) is 4.42. The first-order chi connectivity index (χ1) is 15.1. The Balaban J connectivity index is 1.50. The van der Waals surface area contributed by atoms with Crippen LogP contribution in [0, 0.1) is 0 Å². The highest BCUT2D eigenvalue weighted by Gasteiger charge is 2.10. The minimum Gasteiger partial charge on any atom is -0.478 e. The standard InChI is InChI=1S/C24H20N4O3/c29-23(26-19-6-2-1-3-7-19)16-28-15-18(21-8-4-5-9-22(21)28)14-25-27-20-12-10-17(11-13-20)24(30)31/h1-15,27H,16H2,(H,26,29)(H,30,31)/b25-14+. The van der Waals surface area contributed by atoms with Crippen LogP contribution in [0.3, 0.4) is 0 Å². The lowest BCUT2D eigenvalue weighted by Crippen LogP contribution is -2.18. The molecule has 0 saturated heterocycles. The number of benzene rings is 3. The van der Waals surface area contributed by atoms with Crippen molar-refractivity contribution in [1.29, 1.82) is 0 Å². The Labute approximate surface area is 178 Å². The van der Waals surface area contributed by atoms with E-state index in [0.29, 0.717) is 5.69 Å². The molecule has 0 atom stereocenters. The molecule has 0 radical (unpaired) electrons. The van der Waals surface area contributed by atoms with Gasteiger partial charge in [0.1, 0.15) is 6.54 Å². The Bertz CT molecular complexity index is 1250. The summed E-state index contributed by atoms with van der Waals surface area (Å²) in [5, 5.41) is 17.1. The quantitative estimate of drug-likeness (QED) is 0.309. The average Bonchev–Trinajstić information content (AvgIpc) is 3.12. The van der Waals surface area contributed by atoms with E-state index in [9.17, 15) is 9.59 Å². The van der Waals surface area contributed by atoms with Gasteiger partial charge in [-0.3, -0.25) is 10.2 Å². The lowest BCUT2D eigenvalue weighted by molar-refractivity contribution is -0.116. The minimum absolute atomic E-state index is 0.118. The number of carbonyl (C=O) groups excluding carboxylic acids is 1. The van der Waals surface area contributed by atoms with E-state index in [1.807, 2.05) is 65.4 Å². The molecule has 0 aliphatic rings. The van der Waals surface area contributed by atoms with Crippen molar-refractivity contribution in [3.05, 3.63) is 96.2 Å². The van der Waals surface area contributed by atoms with E-state index in [0.717, 1.165) is 22.2 Å².